The maximum absolute atomic E-state index is 11.1. The summed E-state index contributed by atoms with van der Waals surface area (Å²) in [6.07, 6.45) is 4.98. The van der Waals surface area contributed by atoms with E-state index in [0.29, 0.717) is 12.3 Å². The summed E-state index contributed by atoms with van der Waals surface area (Å²) in [6.45, 7) is 14.1. The maximum atomic E-state index is 11.1. The molecule has 0 fully saturated rings. The SMILES string of the molecule is C=CC1=C(/C=C\C)OC(=O)N(C)C1.CC.CC. The van der Waals surface area contributed by atoms with Crippen LogP contribution in [0, 0.1) is 0 Å². The lowest BCUT2D eigenvalue weighted by atomic mass is 10.2. The summed E-state index contributed by atoms with van der Waals surface area (Å²) in [5.41, 5.74) is 0.931. The van der Waals surface area contributed by atoms with Gasteiger partial charge in [-0.1, -0.05) is 46.4 Å². The normalized spacial score (nSPS) is 14.5. The molecule has 0 aromatic heterocycles. The molecule has 0 aromatic rings. The largest absolute Gasteiger partial charge is 0.415 e. The van der Waals surface area contributed by atoms with Crippen LogP contribution in [0.15, 0.2) is 36.1 Å². The van der Waals surface area contributed by atoms with Crippen molar-refractivity contribution in [2.45, 2.75) is 34.6 Å². The summed E-state index contributed by atoms with van der Waals surface area (Å²) in [5, 5.41) is 0. The van der Waals surface area contributed by atoms with E-state index >= 15 is 0 Å². The average Bonchev–Trinajstić information content (AvgIpc) is 2.38. The van der Waals surface area contributed by atoms with Crippen molar-refractivity contribution in [2.75, 3.05) is 13.6 Å². The summed E-state index contributed by atoms with van der Waals surface area (Å²) in [7, 11) is 1.69. The number of rotatable bonds is 2. The summed E-state index contributed by atoms with van der Waals surface area (Å²) in [6, 6.07) is 0. The second-order valence-corrected chi connectivity index (χ2v) is 2.82. The van der Waals surface area contributed by atoms with Gasteiger partial charge in [0.1, 0.15) is 5.76 Å². The minimum atomic E-state index is -0.321. The van der Waals surface area contributed by atoms with Gasteiger partial charge in [-0.05, 0) is 13.0 Å². The minimum Gasteiger partial charge on any atom is -0.410 e. The van der Waals surface area contributed by atoms with Crippen molar-refractivity contribution in [1.29, 1.82) is 0 Å². The molecule has 1 amide bonds. The van der Waals surface area contributed by atoms with Crippen molar-refractivity contribution >= 4 is 6.09 Å². The molecule has 0 aromatic carbocycles. The molecule has 3 heteroatoms. The van der Waals surface area contributed by atoms with Crippen LogP contribution in [0.1, 0.15) is 34.6 Å². The lowest BCUT2D eigenvalue weighted by Crippen LogP contribution is -2.33. The molecular weight excluding hydrogens is 214 g/mol. The lowest BCUT2D eigenvalue weighted by molar-refractivity contribution is 0.134. The Balaban J connectivity index is 0. The summed E-state index contributed by atoms with van der Waals surface area (Å²) < 4.78 is 5.05. The topological polar surface area (TPSA) is 29.5 Å². The smallest absolute Gasteiger partial charge is 0.410 e. The van der Waals surface area contributed by atoms with Crippen LogP contribution in [0.5, 0.6) is 0 Å². The second-order valence-electron chi connectivity index (χ2n) is 2.82. The molecule has 0 N–H and O–H groups in total. The Bertz CT molecular complexity index is 291. The van der Waals surface area contributed by atoms with E-state index in [0.717, 1.165) is 5.57 Å². The zero-order valence-corrected chi connectivity index (χ0v) is 11.9. The van der Waals surface area contributed by atoms with Crippen LogP contribution in [0.2, 0.25) is 0 Å². The molecular formula is C14H25NO2. The van der Waals surface area contributed by atoms with Crippen LogP contribution >= 0.6 is 0 Å². The first kappa shape index (κ1) is 17.9. The van der Waals surface area contributed by atoms with E-state index in [2.05, 4.69) is 6.58 Å². The molecule has 98 valence electrons. The molecule has 1 rings (SSSR count). The van der Waals surface area contributed by atoms with Gasteiger partial charge < -0.3 is 9.64 Å². The molecule has 1 aliphatic heterocycles. The van der Waals surface area contributed by atoms with Gasteiger partial charge in [-0.25, -0.2) is 4.79 Å². The number of nitrogens with zero attached hydrogens (tertiary/aromatic N) is 1. The first-order chi connectivity index (χ1) is 8.19. The molecule has 0 saturated carbocycles. The third-order valence-electron chi connectivity index (χ3n) is 1.80. The highest BCUT2D eigenvalue weighted by Crippen LogP contribution is 2.17. The molecule has 0 atom stereocenters. The van der Waals surface area contributed by atoms with Crippen LogP contribution in [0.25, 0.3) is 0 Å². The minimum absolute atomic E-state index is 0.321. The monoisotopic (exact) mass is 239 g/mol. The number of ether oxygens (including phenoxy) is 1. The fourth-order valence-electron chi connectivity index (χ4n) is 1.09. The predicted octanol–water partition coefficient (Wildman–Crippen LogP) is 4.14. The zero-order chi connectivity index (χ0) is 13.8. The molecule has 0 radical (unpaired) electrons. The molecule has 17 heavy (non-hydrogen) atoms. The number of likely N-dealkylation sites (N-methyl/N-ethyl adjacent to an activating group) is 1. The molecule has 0 spiro atoms. The van der Waals surface area contributed by atoms with Crippen LogP contribution in [0.3, 0.4) is 0 Å². The number of hydrogen-bond donors (Lipinski definition) is 0. The van der Waals surface area contributed by atoms with Crippen molar-refractivity contribution in [3.8, 4) is 0 Å². The predicted molar refractivity (Wildman–Crippen MR) is 73.8 cm³/mol. The van der Waals surface area contributed by atoms with Gasteiger partial charge in [0.25, 0.3) is 0 Å². The van der Waals surface area contributed by atoms with E-state index in [4.69, 9.17) is 4.74 Å². The number of carbonyl (C=O) groups is 1. The van der Waals surface area contributed by atoms with Crippen LogP contribution in [0.4, 0.5) is 4.79 Å². The molecule has 3 nitrogen and oxygen atoms in total. The van der Waals surface area contributed by atoms with Crippen molar-refractivity contribution < 1.29 is 9.53 Å². The third-order valence-corrected chi connectivity index (χ3v) is 1.80. The van der Waals surface area contributed by atoms with Crippen molar-refractivity contribution in [3.05, 3.63) is 36.1 Å². The Kier molecular flexibility index (Phi) is 11.6. The number of cyclic esters (lactones) is 1. The Morgan fingerprint density at radius 2 is 1.82 bits per heavy atom. The fourth-order valence-corrected chi connectivity index (χ4v) is 1.09. The van der Waals surface area contributed by atoms with E-state index < -0.39 is 0 Å². The highest BCUT2D eigenvalue weighted by atomic mass is 16.6. The van der Waals surface area contributed by atoms with Crippen molar-refractivity contribution in [1.82, 2.24) is 4.90 Å². The Morgan fingerprint density at radius 3 is 2.24 bits per heavy atom. The van der Waals surface area contributed by atoms with Gasteiger partial charge in [0, 0.05) is 12.6 Å². The van der Waals surface area contributed by atoms with Crippen LogP contribution in [-0.4, -0.2) is 24.6 Å². The fraction of sp³-hybridized carbons (Fsp3) is 0.500. The Labute approximate surface area is 105 Å². The van der Waals surface area contributed by atoms with E-state index in [1.165, 1.54) is 4.90 Å². The third kappa shape index (κ3) is 5.95. The van der Waals surface area contributed by atoms with E-state index in [1.807, 2.05) is 40.7 Å². The quantitative estimate of drug-likeness (QED) is 0.725. The molecule has 0 bridgehead atoms. The molecule has 0 aliphatic carbocycles. The number of hydrogen-bond acceptors (Lipinski definition) is 2. The van der Waals surface area contributed by atoms with Gasteiger partial charge in [0.15, 0.2) is 0 Å². The number of amides is 1. The molecule has 0 unspecified atom stereocenters. The van der Waals surface area contributed by atoms with Crippen molar-refractivity contribution in [2.24, 2.45) is 0 Å². The van der Waals surface area contributed by atoms with Gasteiger partial charge in [-0.2, -0.15) is 0 Å². The van der Waals surface area contributed by atoms with E-state index in [9.17, 15) is 4.79 Å². The van der Waals surface area contributed by atoms with E-state index in [-0.39, 0.29) is 6.09 Å². The van der Waals surface area contributed by atoms with E-state index in [1.54, 1.807) is 19.2 Å². The first-order valence-corrected chi connectivity index (χ1v) is 6.10. The van der Waals surface area contributed by atoms with Gasteiger partial charge in [-0.15, -0.1) is 0 Å². The Morgan fingerprint density at radius 1 is 1.29 bits per heavy atom. The van der Waals surface area contributed by atoms with Crippen LogP contribution in [-0.2, 0) is 4.74 Å². The second kappa shape index (κ2) is 11.0. The lowest BCUT2D eigenvalue weighted by Gasteiger charge is -2.24. The summed E-state index contributed by atoms with van der Waals surface area (Å²) in [5.74, 6) is 0.598. The summed E-state index contributed by atoms with van der Waals surface area (Å²) in [4.78, 5) is 12.6. The first-order valence-electron chi connectivity index (χ1n) is 6.10. The number of allylic oxidation sites excluding steroid dienone is 2. The van der Waals surface area contributed by atoms with Gasteiger partial charge >= 0.3 is 6.09 Å². The molecule has 1 aliphatic rings. The highest BCUT2D eigenvalue weighted by Gasteiger charge is 2.20. The number of carbonyl (C=O) groups excluding carboxylic acids is 1. The molecule has 1 heterocycles. The van der Waals surface area contributed by atoms with Gasteiger partial charge in [0.2, 0.25) is 0 Å². The van der Waals surface area contributed by atoms with Gasteiger partial charge in [0.05, 0.1) is 6.54 Å². The summed E-state index contributed by atoms with van der Waals surface area (Å²) >= 11 is 0. The standard InChI is InChI=1S/C10H13NO2.2C2H6/c1-4-6-9-8(5-2)7-11(3)10(12)13-9;2*1-2/h4-6H,2,7H2,1,3H3;2*1-2H3/b6-4-;;. The zero-order valence-electron chi connectivity index (χ0n) is 11.9. The van der Waals surface area contributed by atoms with Crippen LogP contribution < -0.4 is 0 Å². The van der Waals surface area contributed by atoms with Gasteiger partial charge in [-0.3, -0.25) is 0 Å². The average molecular weight is 239 g/mol. The molecule has 0 saturated heterocycles. The maximum Gasteiger partial charge on any atom is 0.415 e. The Hall–Kier alpha value is -1.51. The highest BCUT2D eigenvalue weighted by molar-refractivity contribution is 5.71. The van der Waals surface area contributed by atoms with Crippen molar-refractivity contribution in [3.63, 3.8) is 0 Å².